The van der Waals surface area contributed by atoms with E-state index in [9.17, 15) is 4.79 Å². The number of nitrogens with zero attached hydrogens (tertiary/aromatic N) is 3. The summed E-state index contributed by atoms with van der Waals surface area (Å²) in [4.78, 5) is 24.0. The normalized spacial score (nSPS) is 26.8. The molecule has 0 aromatic carbocycles. The van der Waals surface area contributed by atoms with Crippen LogP contribution in [0, 0.1) is 30.1 Å². The number of hydrogen-bond donors (Lipinski definition) is 2. The number of anilines is 1. The lowest BCUT2D eigenvalue weighted by molar-refractivity contribution is -0.143. The minimum absolute atomic E-state index is 0.189. The van der Waals surface area contributed by atoms with Crippen LogP contribution in [-0.2, 0) is 11.2 Å². The van der Waals surface area contributed by atoms with Crippen LogP contribution in [0.15, 0.2) is 4.99 Å². The second-order valence-corrected chi connectivity index (χ2v) is 6.30. The molecule has 1 aliphatic heterocycles. The van der Waals surface area contributed by atoms with E-state index in [2.05, 4.69) is 20.9 Å². The smallest absolute Gasteiger partial charge is 0.306 e. The zero-order valence-corrected chi connectivity index (χ0v) is 12.9. The standard InChI is InChI=1S/C17H20N4O2/c1-2-14-20-13-8-7-12(9-19-15(13)16(18)21-14)10-3-5-11(6-4-10)17(22)23/h1,9-12H,3-8H2,(H,22,23)(H2,18,20,21). The van der Waals surface area contributed by atoms with Gasteiger partial charge in [0.1, 0.15) is 5.69 Å². The molecule has 0 radical (unpaired) electrons. The van der Waals surface area contributed by atoms with Crippen molar-refractivity contribution in [3.63, 3.8) is 0 Å². The number of nitrogen functional groups attached to an aromatic ring is 1. The van der Waals surface area contributed by atoms with Crippen molar-refractivity contribution in [3.8, 4) is 12.3 Å². The fraction of sp³-hybridized carbons (Fsp3) is 0.529. The predicted octanol–water partition coefficient (Wildman–Crippen LogP) is 2.20. The van der Waals surface area contributed by atoms with Gasteiger partial charge in [0.05, 0.1) is 11.6 Å². The van der Waals surface area contributed by atoms with Gasteiger partial charge >= 0.3 is 5.97 Å². The predicted molar refractivity (Wildman–Crippen MR) is 87.4 cm³/mol. The number of carboxylic acid groups (broad SMARTS) is 1. The average Bonchev–Trinajstić information content (AvgIpc) is 2.77. The first kappa shape index (κ1) is 15.5. The van der Waals surface area contributed by atoms with Crippen LogP contribution < -0.4 is 5.73 Å². The van der Waals surface area contributed by atoms with Crippen molar-refractivity contribution in [2.45, 2.75) is 38.5 Å². The summed E-state index contributed by atoms with van der Waals surface area (Å²) in [5, 5.41) is 9.11. The first-order valence-corrected chi connectivity index (χ1v) is 7.98. The Morgan fingerprint density at radius 2 is 2.00 bits per heavy atom. The van der Waals surface area contributed by atoms with Gasteiger partial charge in [-0.25, -0.2) is 9.97 Å². The zero-order valence-electron chi connectivity index (χ0n) is 12.9. The van der Waals surface area contributed by atoms with Crippen molar-refractivity contribution >= 4 is 23.7 Å². The second-order valence-electron chi connectivity index (χ2n) is 6.30. The number of aliphatic imine (C=N–C) groups is 1. The molecule has 0 bridgehead atoms. The summed E-state index contributed by atoms with van der Waals surface area (Å²) in [7, 11) is 0. The number of hydrogen-bond acceptors (Lipinski definition) is 5. The molecule has 1 aliphatic carbocycles. The van der Waals surface area contributed by atoms with Crippen molar-refractivity contribution in [1.29, 1.82) is 0 Å². The van der Waals surface area contributed by atoms with Crippen LogP contribution in [0.1, 0.15) is 43.6 Å². The van der Waals surface area contributed by atoms with Crippen molar-refractivity contribution < 1.29 is 9.90 Å². The molecule has 2 heterocycles. The largest absolute Gasteiger partial charge is 0.481 e. The van der Waals surface area contributed by atoms with E-state index in [-0.39, 0.29) is 5.92 Å². The lowest BCUT2D eigenvalue weighted by Gasteiger charge is -2.30. The van der Waals surface area contributed by atoms with Crippen molar-refractivity contribution in [2.75, 3.05) is 5.73 Å². The Balaban J connectivity index is 1.73. The molecule has 1 aromatic rings. The van der Waals surface area contributed by atoms with Crippen LogP contribution in [0.5, 0.6) is 0 Å². The highest BCUT2D eigenvalue weighted by Gasteiger charge is 2.31. The summed E-state index contributed by atoms with van der Waals surface area (Å²) in [6, 6.07) is 0. The molecule has 0 amide bonds. The number of aliphatic carboxylic acids is 1. The molecule has 3 rings (SSSR count). The Hall–Kier alpha value is -2.42. The molecule has 6 heteroatoms. The molecule has 1 atom stereocenters. The number of nitrogens with two attached hydrogens (primary N) is 1. The number of carboxylic acids is 1. The molecule has 23 heavy (non-hydrogen) atoms. The molecular formula is C17H20N4O2. The Bertz CT molecular complexity index is 685. The van der Waals surface area contributed by atoms with Crippen LogP contribution in [0.2, 0.25) is 0 Å². The summed E-state index contributed by atoms with van der Waals surface area (Å²) in [5.41, 5.74) is 7.38. The number of carbonyl (C=O) groups is 1. The molecule has 2 aliphatic rings. The molecule has 1 fully saturated rings. The molecule has 6 nitrogen and oxygen atoms in total. The van der Waals surface area contributed by atoms with E-state index in [4.69, 9.17) is 17.3 Å². The van der Waals surface area contributed by atoms with Gasteiger partial charge in [0, 0.05) is 6.21 Å². The van der Waals surface area contributed by atoms with Crippen molar-refractivity contribution in [3.05, 3.63) is 11.5 Å². The van der Waals surface area contributed by atoms with Crippen molar-refractivity contribution in [2.24, 2.45) is 22.7 Å². The van der Waals surface area contributed by atoms with Gasteiger partial charge in [-0.2, -0.15) is 0 Å². The summed E-state index contributed by atoms with van der Waals surface area (Å²) < 4.78 is 0. The molecule has 3 N–H and O–H groups in total. The number of rotatable bonds is 2. The quantitative estimate of drug-likeness (QED) is 0.815. The average molecular weight is 312 g/mol. The van der Waals surface area contributed by atoms with E-state index in [1.54, 1.807) is 0 Å². The fourth-order valence-electron chi connectivity index (χ4n) is 3.60. The number of fused-ring (bicyclic) bond motifs is 1. The van der Waals surface area contributed by atoms with Crippen LogP contribution >= 0.6 is 0 Å². The number of aromatic nitrogens is 2. The SMILES string of the molecule is C#Cc1nc(N)c2c(n1)CCC(C1CCC(C(=O)O)CC1)C=N2. The summed E-state index contributed by atoms with van der Waals surface area (Å²) in [5.74, 6) is 2.99. The molecule has 1 unspecified atom stereocenters. The second kappa shape index (κ2) is 6.37. The topological polar surface area (TPSA) is 101 Å². The molecule has 120 valence electrons. The van der Waals surface area contributed by atoms with Gasteiger partial charge < -0.3 is 10.8 Å². The van der Waals surface area contributed by atoms with Crippen LogP contribution in [0.4, 0.5) is 11.5 Å². The highest BCUT2D eigenvalue weighted by atomic mass is 16.4. The first-order valence-electron chi connectivity index (χ1n) is 7.98. The van der Waals surface area contributed by atoms with Crippen molar-refractivity contribution in [1.82, 2.24) is 9.97 Å². The lowest BCUT2D eigenvalue weighted by atomic mass is 9.75. The Kier molecular flexibility index (Phi) is 4.28. The maximum Gasteiger partial charge on any atom is 0.306 e. The van der Waals surface area contributed by atoms with E-state index < -0.39 is 5.97 Å². The zero-order chi connectivity index (χ0) is 16.4. The Labute approximate surface area is 135 Å². The molecular weight excluding hydrogens is 292 g/mol. The van der Waals surface area contributed by atoms with Gasteiger partial charge in [-0.05, 0) is 56.3 Å². The number of aryl methyl sites for hydroxylation is 1. The Morgan fingerprint density at radius 3 is 2.65 bits per heavy atom. The third kappa shape index (κ3) is 3.19. The van der Waals surface area contributed by atoms with E-state index in [0.717, 1.165) is 44.2 Å². The van der Waals surface area contributed by atoms with Gasteiger partial charge in [0.15, 0.2) is 5.82 Å². The van der Waals surface area contributed by atoms with Crippen LogP contribution in [0.3, 0.4) is 0 Å². The summed E-state index contributed by atoms with van der Waals surface area (Å²) in [6.07, 6.45) is 12.4. The summed E-state index contributed by atoms with van der Waals surface area (Å²) in [6.45, 7) is 0. The van der Waals surface area contributed by atoms with E-state index >= 15 is 0 Å². The van der Waals surface area contributed by atoms with Gasteiger partial charge in [-0.15, -0.1) is 6.42 Å². The molecule has 1 aromatic heterocycles. The Morgan fingerprint density at radius 1 is 1.26 bits per heavy atom. The lowest BCUT2D eigenvalue weighted by Crippen LogP contribution is -2.26. The third-order valence-corrected chi connectivity index (χ3v) is 4.95. The molecule has 0 saturated heterocycles. The third-order valence-electron chi connectivity index (χ3n) is 4.95. The molecule has 0 spiro atoms. The van der Waals surface area contributed by atoms with E-state index in [0.29, 0.717) is 29.2 Å². The van der Waals surface area contributed by atoms with E-state index in [1.165, 1.54) is 0 Å². The number of terminal acetylenes is 1. The highest BCUT2D eigenvalue weighted by Crippen LogP contribution is 2.37. The van der Waals surface area contributed by atoms with Gasteiger partial charge in [-0.3, -0.25) is 9.79 Å². The van der Waals surface area contributed by atoms with Crippen LogP contribution in [-0.4, -0.2) is 27.3 Å². The maximum absolute atomic E-state index is 11.1. The highest BCUT2D eigenvalue weighted by molar-refractivity contribution is 5.74. The minimum Gasteiger partial charge on any atom is -0.481 e. The van der Waals surface area contributed by atoms with Gasteiger partial charge in [-0.1, -0.05) is 0 Å². The fourth-order valence-corrected chi connectivity index (χ4v) is 3.60. The van der Waals surface area contributed by atoms with Crippen LogP contribution in [0.25, 0.3) is 0 Å². The first-order chi connectivity index (χ1) is 11.1. The van der Waals surface area contributed by atoms with Gasteiger partial charge in [0.2, 0.25) is 5.82 Å². The minimum atomic E-state index is -0.671. The molecule has 1 saturated carbocycles. The summed E-state index contributed by atoms with van der Waals surface area (Å²) >= 11 is 0. The van der Waals surface area contributed by atoms with Gasteiger partial charge in [0.25, 0.3) is 0 Å². The maximum atomic E-state index is 11.1. The van der Waals surface area contributed by atoms with E-state index in [1.807, 2.05) is 6.21 Å². The monoisotopic (exact) mass is 312 g/mol.